The first kappa shape index (κ1) is 32.4. The van der Waals surface area contributed by atoms with Crippen LogP contribution in [0.25, 0.3) is 11.1 Å². The van der Waals surface area contributed by atoms with Crippen molar-refractivity contribution in [2.45, 2.75) is 101 Å². The predicted octanol–water partition coefficient (Wildman–Crippen LogP) is 11.6. The largest absolute Gasteiger partial charge is 0.0991 e. The van der Waals surface area contributed by atoms with E-state index in [0.717, 1.165) is 11.5 Å². The van der Waals surface area contributed by atoms with Crippen LogP contribution < -0.4 is 0 Å². The van der Waals surface area contributed by atoms with E-state index in [2.05, 4.69) is 104 Å². The van der Waals surface area contributed by atoms with Crippen molar-refractivity contribution in [3.8, 4) is 0 Å². The second-order valence-electron chi connectivity index (χ2n) is 9.35. The van der Waals surface area contributed by atoms with E-state index in [-0.39, 0.29) is 0 Å². The first-order valence-corrected chi connectivity index (χ1v) is 13.5. The zero-order chi connectivity index (χ0) is 27.0. The zero-order valence-corrected chi connectivity index (χ0v) is 24.5. The van der Waals surface area contributed by atoms with Gasteiger partial charge in [-0.15, -0.1) is 0 Å². The number of hydrogen-bond donors (Lipinski definition) is 0. The molecular formula is C35H52. The normalized spacial score (nSPS) is 11.3. The molecule has 0 aliphatic heterocycles. The van der Waals surface area contributed by atoms with Crippen LogP contribution >= 0.6 is 0 Å². The molecule has 0 radical (unpaired) electrons. The molecule has 0 aromatic heterocycles. The van der Waals surface area contributed by atoms with Crippen LogP contribution in [0.1, 0.15) is 113 Å². The SMILES string of the molecule is C=C/C=C\C(C)=C(/C)c1ccc(C(=C)C)cc1C.CC.CCCC(CCC)c1ccc(C)cc1C. The average Bonchev–Trinajstić information content (AvgIpc) is 2.83. The first-order chi connectivity index (χ1) is 16.7. The number of benzene rings is 2. The Kier molecular flexibility index (Phi) is 16.5. The van der Waals surface area contributed by atoms with Crippen molar-refractivity contribution in [1.82, 2.24) is 0 Å². The van der Waals surface area contributed by atoms with Crippen LogP contribution in [0, 0.1) is 20.8 Å². The summed E-state index contributed by atoms with van der Waals surface area (Å²) >= 11 is 0. The van der Waals surface area contributed by atoms with Crippen LogP contribution in [0.15, 0.2) is 73.4 Å². The van der Waals surface area contributed by atoms with E-state index in [0.29, 0.717) is 0 Å². The van der Waals surface area contributed by atoms with Crippen molar-refractivity contribution < 1.29 is 0 Å². The van der Waals surface area contributed by atoms with Crippen molar-refractivity contribution in [2.75, 3.05) is 0 Å². The smallest absolute Gasteiger partial charge is 0.0160 e. The van der Waals surface area contributed by atoms with E-state index in [1.54, 1.807) is 11.6 Å². The van der Waals surface area contributed by atoms with Gasteiger partial charge < -0.3 is 0 Å². The maximum Gasteiger partial charge on any atom is -0.0160 e. The van der Waals surface area contributed by atoms with Crippen molar-refractivity contribution in [1.29, 1.82) is 0 Å². The Morgan fingerprint density at radius 2 is 1.46 bits per heavy atom. The lowest BCUT2D eigenvalue weighted by molar-refractivity contribution is 0.558. The third-order valence-electron chi connectivity index (χ3n) is 6.34. The van der Waals surface area contributed by atoms with Gasteiger partial charge in [0.15, 0.2) is 0 Å². The van der Waals surface area contributed by atoms with E-state index < -0.39 is 0 Å². The Balaban J connectivity index is 0.000000625. The monoisotopic (exact) mass is 472 g/mol. The van der Waals surface area contributed by atoms with Crippen LogP contribution in [0.3, 0.4) is 0 Å². The highest BCUT2D eigenvalue weighted by molar-refractivity contribution is 5.73. The molecule has 2 aromatic rings. The number of aryl methyl sites for hydroxylation is 3. The molecule has 2 aromatic carbocycles. The Morgan fingerprint density at radius 1 is 0.857 bits per heavy atom. The molecule has 0 spiro atoms. The molecule has 0 fully saturated rings. The van der Waals surface area contributed by atoms with E-state index in [1.807, 2.05) is 26.8 Å². The topological polar surface area (TPSA) is 0 Å². The molecule has 0 heteroatoms. The van der Waals surface area contributed by atoms with Gasteiger partial charge in [0.05, 0.1) is 0 Å². The van der Waals surface area contributed by atoms with Crippen LogP contribution in [-0.4, -0.2) is 0 Å². The van der Waals surface area contributed by atoms with Gasteiger partial charge in [-0.2, -0.15) is 0 Å². The van der Waals surface area contributed by atoms with Gasteiger partial charge in [0.25, 0.3) is 0 Å². The number of hydrogen-bond acceptors (Lipinski definition) is 0. The van der Waals surface area contributed by atoms with Crippen molar-refractivity contribution in [3.63, 3.8) is 0 Å². The Morgan fingerprint density at radius 3 is 1.91 bits per heavy atom. The maximum absolute atomic E-state index is 3.98. The molecule has 0 bridgehead atoms. The van der Waals surface area contributed by atoms with Crippen LogP contribution in [0.2, 0.25) is 0 Å². The van der Waals surface area contributed by atoms with Crippen molar-refractivity contribution in [2.24, 2.45) is 0 Å². The second-order valence-corrected chi connectivity index (χ2v) is 9.35. The fourth-order valence-electron chi connectivity index (χ4n) is 4.34. The molecule has 0 unspecified atom stereocenters. The highest BCUT2D eigenvalue weighted by Crippen LogP contribution is 2.29. The standard InChI is InChI=1S/C18H22.C15H24.C2H6/c1-7-8-9-14(4)16(6)18-11-10-17(13(2)3)12-15(18)5;1-5-7-14(8-6-2)15-10-9-12(3)11-13(15)4;1-2/h7-12H,1-2H2,3-6H3;9-11,14H,5-8H2,1-4H3;1-2H3/b9-8-,16-14+;;. The molecule has 0 saturated carbocycles. The van der Waals surface area contributed by atoms with E-state index in [4.69, 9.17) is 0 Å². The summed E-state index contributed by atoms with van der Waals surface area (Å²) in [6.07, 6.45) is 11.1. The minimum atomic E-state index is 0.778. The zero-order valence-electron chi connectivity index (χ0n) is 24.5. The molecule has 0 atom stereocenters. The summed E-state index contributed by atoms with van der Waals surface area (Å²) in [7, 11) is 0. The summed E-state index contributed by atoms with van der Waals surface area (Å²) in [5, 5.41) is 0. The molecule has 0 nitrogen and oxygen atoms in total. The molecule has 0 heterocycles. The summed E-state index contributed by atoms with van der Waals surface area (Å²) in [6.45, 7) is 29.1. The van der Waals surface area contributed by atoms with Gasteiger partial charge in [0.1, 0.15) is 0 Å². The Labute approximate surface area is 218 Å². The quantitative estimate of drug-likeness (QED) is 0.318. The molecule has 0 amide bonds. The van der Waals surface area contributed by atoms with Gasteiger partial charge in [-0.25, -0.2) is 0 Å². The fourth-order valence-corrected chi connectivity index (χ4v) is 4.34. The third kappa shape index (κ3) is 11.1. The van der Waals surface area contributed by atoms with Gasteiger partial charge in [-0.3, -0.25) is 0 Å². The lowest BCUT2D eigenvalue weighted by atomic mass is 9.87. The lowest BCUT2D eigenvalue weighted by Gasteiger charge is -2.18. The molecule has 0 saturated heterocycles. The van der Waals surface area contributed by atoms with Gasteiger partial charge in [0, 0.05) is 0 Å². The summed E-state index contributed by atoms with van der Waals surface area (Å²) < 4.78 is 0. The summed E-state index contributed by atoms with van der Waals surface area (Å²) in [6, 6.07) is 13.4. The molecular weight excluding hydrogens is 420 g/mol. The molecule has 0 aliphatic rings. The summed E-state index contributed by atoms with van der Waals surface area (Å²) in [5.41, 5.74) is 11.9. The summed E-state index contributed by atoms with van der Waals surface area (Å²) in [5.74, 6) is 0.778. The Bertz CT molecular complexity index is 975. The van der Waals surface area contributed by atoms with E-state index in [1.165, 1.54) is 64.6 Å². The lowest BCUT2D eigenvalue weighted by Crippen LogP contribution is -2.01. The predicted molar refractivity (Wildman–Crippen MR) is 163 cm³/mol. The second kappa shape index (κ2) is 17.8. The molecule has 2 rings (SSSR count). The van der Waals surface area contributed by atoms with Gasteiger partial charge in [-0.05, 0) is 99.3 Å². The molecule has 0 N–H and O–H groups in total. The number of rotatable bonds is 9. The van der Waals surface area contributed by atoms with Crippen molar-refractivity contribution >= 4 is 11.1 Å². The minimum absolute atomic E-state index is 0.778. The Hall–Kier alpha value is -2.60. The minimum Gasteiger partial charge on any atom is -0.0991 e. The van der Waals surface area contributed by atoms with Gasteiger partial charge >= 0.3 is 0 Å². The van der Waals surface area contributed by atoms with Crippen molar-refractivity contribution in [3.05, 3.63) is 107 Å². The summed E-state index contributed by atoms with van der Waals surface area (Å²) in [4.78, 5) is 0. The third-order valence-corrected chi connectivity index (χ3v) is 6.34. The highest BCUT2D eigenvalue weighted by Gasteiger charge is 2.11. The fraction of sp³-hybridized carbons (Fsp3) is 0.429. The van der Waals surface area contributed by atoms with Gasteiger partial charge in [-0.1, -0.05) is 119 Å². The highest BCUT2D eigenvalue weighted by atomic mass is 14.2. The maximum atomic E-state index is 3.98. The number of allylic oxidation sites excluding steroid dienone is 6. The van der Waals surface area contributed by atoms with Gasteiger partial charge in [0.2, 0.25) is 0 Å². The molecule has 35 heavy (non-hydrogen) atoms. The van der Waals surface area contributed by atoms with Crippen LogP contribution in [0.4, 0.5) is 0 Å². The average molecular weight is 473 g/mol. The van der Waals surface area contributed by atoms with Crippen LogP contribution in [0.5, 0.6) is 0 Å². The van der Waals surface area contributed by atoms with E-state index >= 15 is 0 Å². The van der Waals surface area contributed by atoms with E-state index in [9.17, 15) is 0 Å². The first-order valence-electron chi connectivity index (χ1n) is 13.5. The van der Waals surface area contributed by atoms with Crippen LogP contribution in [-0.2, 0) is 0 Å². The molecule has 192 valence electrons. The molecule has 0 aliphatic carbocycles.